The van der Waals surface area contributed by atoms with Crippen molar-refractivity contribution >= 4 is 15.9 Å². The number of hydrogen-bond acceptors (Lipinski definition) is 1. The van der Waals surface area contributed by atoms with Crippen molar-refractivity contribution in [2.45, 2.75) is 25.8 Å². The van der Waals surface area contributed by atoms with Gasteiger partial charge in [0.15, 0.2) is 11.6 Å². The number of aryl methyl sites for hydroxylation is 1. The minimum absolute atomic E-state index is 0.166. The molecule has 0 heterocycles. The molecule has 0 saturated carbocycles. The van der Waals surface area contributed by atoms with Crippen LogP contribution in [0.15, 0.2) is 40.9 Å². The molecule has 0 fully saturated rings. The second-order valence-corrected chi connectivity index (χ2v) is 5.77. The van der Waals surface area contributed by atoms with Crippen molar-refractivity contribution in [2.75, 3.05) is 7.05 Å². The van der Waals surface area contributed by atoms with Gasteiger partial charge in [0, 0.05) is 0 Å². The van der Waals surface area contributed by atoms with E-state index in [0.29, 0.717) is 5.56 Å². The maximum atomic E-state index is 13.7. The molecular weight excluding hydrogens is 336 g/mol. The van der Waals surface area contributed by atoms with Gasteiger partial charge >= 0.3 is 0 Å². The predicted octanol–water partition coefficient (Wildman–Crippen LogP) is 4.99. The van der Waals surface area contributed by atoms with Crippen LogP contribution in [0.4, 0.5) is 8.78 Å². The van der Waals surface area contributed by atoms with Crippen LogP contribution in [0.1, 0.15) is 36.1 Å². The molecule has 0 aromatic heterocycles. The van der Waals surface area contributed by atoms with E-state index in [1.54, 1.807) is 13.1 Å². The number of nitrogens with one attached hydrogen (secondary N) is 1. The zero-order chi connectivity index (χ0) is 15.4. The average molecular weight is 354 g/mol. The molecule has 2 aromatic rings. The van der Waals surface area contributed by atoms with E-state index in [2.05, 4.69) is 40.3 Å². The minimum Gasteiger partial charge on any atom is -0.309 e. The molecule has 0 aliphatic rings. The van der Waals surface area contributed by atoms with Crippen LogP contribution in [0.2, 0.25) is 0 Å². The van der Waals surface area contributed by atoms with Crippen molar-refractivity contribution in [1.82, 2.24) is 5.32 Å². The fourth-order valence-electron chi connectivity index (χ4n) is 2.43. The van der Waals surface area contributed by atoms with Crippen LogP contribution in [0, 0.1) is 11.6 Å². The first kappa shape index (κ1) is 16.1. The fraction of sp³-hybridized carbons (Fsp3) is 0.294. The predicted molar refractivity (Wildman–Crippen MR) is 85.4 cm³/mol. The van der Waals surface area contributed by atoms with Crippen LogP contribution in [-0.2, 0) is 6.42 Å². The van der Waals surface area contributed by atoms with E-state index < -0.39 is 11.6 Å². The summed E-state index contributed by atoms with van der Waals surface area (Å²) in [5, 5.41) is 3.15. The van der Waals surface area contributed by atoms with Crippen molar-refractivity contribution in [3.8, 4) is 0 Å². The van der Waals surface area contributed by atoms with Gasteiger partial charge in [-0.3, -0.25) is 0 Å². The van der Waals surface area contributed by atoms with Crippen molar-refractivity contribution in [3.63, 3.8) is 0 Å². The van der Waals surface area contributed by atoms with Gasteiger partial charge in [0.2, 0.25) is 0 Å². The van der Waals surface area contributed by atoms with Crippen LogP contribution in [0.25, 0.3) is 0 Å². The Hall–Kier alpha value is -1.26. The number of halogens is 3. The molecule has 1 unspecified atom stereocenters. The first-order valence-electron chi connectivity index (χ1n) is 6.98. The van der Waals surface area contributed by atoms with Gasteiger partial charge in [0.1, 0.15) is 0 Å². The van der Waals surface area contributed by atoms with Gasteiger partial charge in [-0.05, 0) is 52.2 Å². The summed E-state index contributed by atoms with van der Waals surface area (Å²) in [7, 11) is 1.80. The summed E-state index contributed by atoms with van der Waals surface area (Å²) < 4.78 is 27.1. The zero-order valence-corrected chi connectivity index (χ0v) is 13.7. The highest BCUT2D eigenvalue weighted by Gasteiger charge is 2.19. The van der Waals surface area contributed by atoms with Crippen molar-refractivity contribution in [2.24, 2.45) is 0 Å². The van der Waals surface area contributed by atoms with E-state index in [4.69, 9.17) is 0 Å². The van der Waals surface area contributed by atoms with Gasteiger partial charge in [0.05, 0.1) is 10.5 Å². The molecular formula is C17H18BrF2N. The lowest BCUT2D eigenvalue weighted by Gasteiger charge is -2.19. The normalized spacial score (nSPS) is 12.4. The Morgan fingerprint density at radius 3 is 2.33 bits per heavy atom. The molecule has 1 N–H and O–H groups in total. The molecule has 4 heteroatoms. The van der Waals surface area contributed by atoms with Gasteiger partial charge in [-0.25, -0.2) is 8.78 Å². The van der Waals surface area contributed by atoms with Crippen molar-refractivity contribution < 1.29 is 8.78 Å². The SMILES string of the molecule is CCCc1ccc(C(NC)c2ccc(F)c(F)c2Br)cc1. The molecule has 21 heavy (non-hydrogen) atoms. The molecule has 0 amide bonds. The monoisotopic (exact) mass is 353 g/mol. The maximum absolute atomic E-state index is 13.7. The quantitative estimate of drug-likeness (QED) is 0.746. The lowest BCUT2D eigenvalue weighted by molar-refractivity contribution is 0.499. The minimum atomic E-state index is -0.852. The highest BCUT2D eigenvalue weighted by atomic mass is 79.9. The van der Waals surface area contributed by atoms with Gasteiger partial charge < -0.3 is 5.32 Å². The first-order chi connectivity index (χ1) is 10.1. The van der Waals surface area contributed by atoms with Gasteiger partial charge in [-0.1, -0.05) is 43.7 Å². The van der Waals surface area contributed by atoms with Crippen molar-refractivity contribution in [1.29, 1.82) is 0 Å². The van der Waals surface area contributed by atoms with E-state index in [1.165, 1.54) is 5.56 Å². The molecule has 2 rings (SSSR count). The van der Waals surface area contributed by atoms with Crippen LogP contribution in [0.3, 0.4) is 0 Å². The molecule has 0 bridgehead atoms. The Morgan fingerprint density at radius 2 is 1.76 bits per heavy atom. The van der Waals surface area contributed by atoms with E-state index in [1.807, 2.05) is 12.1 Å². The summed E-state index contributed by atoms with van der Waals surface area (Å²) in [5.41, 5.74) is 2.98. The molecule has 2 aromatic carbocycles. The Kier molecular flexibility index (Phi) is 5.48. The number of hydrogen-bond donors (Lipinski definition) is 1. The smallest absolute Gasteiger partial charge is 0.173 e. The topological polar surface area (TPSA) is 12.0 Å². The van der Waals surface area contributed by atoms with E-state index in [0.717, 1.165) is 24.5 Å². The van der Waals surface area contributed by atoms with Crippen LogP contribution in [-0.4, -0.2) is 7.05 Å². The highest BCUT2D eigenvalue weighted by Crippen LogP contribution is 2.31. The summed E-state index contributed by atoms with van der Waals surface area (Å²) >= 11 is 3.15. The second-order valence-electron chi connectivity index (χ2n) is 4.98. The third-order valence-corrected chi connectivity index (χ3v) is 4.32. The second kappa shape index (κ2) is 7.14. The van der Waals surface area contributed by atoms with Crippen LogP contribution in [0.5, 0.6) is 0 Å². The largest absolute Gasteiger partial charge is 0.309 e. The molecule has 0 aliphatic carbocycles. The molecule has 112 valence electrons. The number of rotatable bonds is 5. The number of benzene rings is 2. The van der Waals surface area contributed by atoms with E-state index in [-0.39, 0.29) is 10.5 Å². The first-order valence-corrected chi connectivity index (χ1v) is 7.77. The Morgan fingerprint density at radius 1 is 1.10 bits per heavy atom. The Labute approximate surface area is 132 Å². The average Bonchev–Trinajstić information content (AvgIpc) is 2.50. The van der Waals surface area contributed by atoms with Crippen LogP contribution >= 0.6 is 15.9 Å². The Balaban J connectivity index is 2.37. The maximum Gasteiger partial charge on any atom is 0.173 e. The third kappa shape index (κ3) is 3.50. The lowest BCUT2D eigenvalue weighted by atomic mass is 9.97. The standard InChI is InChI=1S/C17H18BrF2N/c1-3-4-11-5-7-12(8-6-11)17(21-2)13-9-10-14(19)16(20)15(13)18/h5-10,17,21H,3-4H2,1-2H3. The summed E-state index contributed by atoms with van der Waals surface area (Å²) in [4.78, 5) is 0. The molecule has 1 atom stereocenters. The summed E-state index contributed by atoms with van der Waals surface area (Å²) in [6, 6.07) is 10.8. The van der Waals surface area contributed by atoms with Gasteiger partial charge in [0.25, 0.3) is 0 Å². The van der Waals surface area contributed by atoms with E-state index >= 15 is 0 Å². The molecule has 0 radical (unpaired) electrons. The summed E-state index contributed by atoms with van der Waals surface area (Å²) in [6.45, 7) is 2.14. The summed E-state index contributed by atoms with van der Waals surface area (Å²) in [6.07, 6.45) is 2.14. The summed E-state index contributed by atoms with van der Waals surface area (Å²) in [5.74, 6) is -1.70. The molecule has 0 spiro atoms. The van der Waals surface area contributed by atoms with Gasteiger partial charge in [-0.2, -0.15) is 0 Å². The van der Waals surface area contributed by atoms with Crippen LogP contribution < -0.4 is 5.32 Å². The molecule has 0 aliphatic heterocycles. The highest BCUT2D eigenvalue weighted by molar-refractivity contribution is 9.10. The fourth-order valence-corrected chi connectivity index (χ4v) is 2.98. The zero-order valence-electron chi connectivity index (χ0n) is 12.1. The van der Waals surface area contributed by atoms with E-state index in [9.17, 15) is 8.78 Å². The molecule has 0 saturated heterocycles. The third-order valence-electron chi connectivity index (χ3n) is 3.52. The lowest BCUT2D eigenvalue weighted by Crippen LogP contribution is -2.18. The van der Waals surface area contributed by atoms with Gasteiger partial charge in [-0.15, -0.1) is 0 Å². The van der Waals surface area contributed by atoms with Crippen molar-refractivity contribution in [3.05, 3.63) is 69.2 Å². The Bertz CT molecular complexity index is 611. The molecule has 1 nitrogen and oxygen atoms in total.